The minimum absolute atomic E-state index is 0.0346. The predicted molar refractivity (Wildman–Crippen MR) is 70.0 cm³/mol. The molecule has 1 atom stereocenters. The number of amidine groups is 1. The van der Waals surface area contributed by atoms with E-state index in [9.17, 15) is 4.79 Å². The van der Waals surface area contributed by atoms with Gasteiger partial charge < -0.3 is 4.90 Å². The zero-order valence-electron chi connectivity index (χ0n) is 9.84. The summed E-state index contributed by atoms with van der Waals surface area (Å²) < 4.78 is 0. The number of nitrogens with zero attached hydrogens (tertiary/aromatic N) is 2. The van der Waals surface area contributed by atoms with Gasteiger partial charge in [-0.25, -0.2) is 0 Å². The molecule has 2 heterocycles. The molecule has 1 aromatic rings. The van der Waals surface area contributed by atoms with Crippen LogP contribution in [0.1, 0.15) is 24.0 Å². The van der Waals surface area contributed by atoms with Gasteiger partial charge in [0, 0.05) is 11.8 Å². The van der Waals surface area contributed by atoms with Crippen LogP contribution in [0.4, 0.5) is 0 Å². The Morgan fingerprint density at radius 2 is 2.17 bits per heavy atom. The van der Waals surface area contributed by atoms with Crippen molar-refractivity contribution in [2.45, 2.75) is 18.4 Å². The normalized spacial score (nSPS) is 27.7. The minimum atomic E-state index is -0.542. The number of hydrogen-bond donors (Lipinski definition) is 0. The molecule has 1 unspecified atom stereocenters. The van der Waals surface area contributed by atoms with E-state index < -0.39 is 5.54 Å². The summed E-state index contributed by atoms with van der Waals surface area (Å²) >= 11 is 0. The molecule has 0 aromatic heterocycles. The van der Waals surface area contributed by atoms with E-state index in [0.717, 1.165) is 29.8 Å². The topological polar surface area (TPSA) is 32.7 Å². The summed E-state index contributed by atoms with van der Waals surface area (Å²) in [7, 11) is 0. The molecule has 3 nitrogen and oxygen atoms in total. The van der Waals surface area contributed by atoms with Crippen molar-refractivity contribution in [3.8, 4) is 0 Å². The summed E-state index contributed by atoms with van der Waals surface area (Å²) in [4.78, 5) is 18.6. The van der Waals surface area contributed by atoms with E-state index in [1.807, 2.05) is 41.4 Å². The molecule has 1 aliphatic carbocycles. The number of rotatable bonds is 0. The van der Waals surface area contributed by atoms with Crippen LogP contribution >= 0.6 is 0 Å². The molecule has 0 radical (unpaired) electrons. The summed E-state index contributed by atoms with van der Waals surface area (Å²) in [5.74, 6) is 0.761. The third kappa shape index (κ3) is 1.04. The van der Waals surface area contributed by atoms with E-state index >= 15 is 0 Å². The fraction of sp³-hybridized carbons (Fsp3) is 0.200. The largest absolute Gasteiger partial charge is 0.313 e. The summed E-state index contributed by atoms with van der Waals surface area (Å²) in [6.07, 6.45) is 9.89. The summed E-state index contributed by atoms with van der Waals surface area (Å²) in [5.41, 5.74) is 1.63. The maximum absolute atomic E-state index is 12.3. The van der Waals surface area contributed by atoms with E-state index in [4.69, 9.17) is 0 Å². The van der Waals surface area contributed by atoms with Crippen LogP contribution in [0.15, 0.2) is 47.6 Å². The lowest BCUT2D eigenvalue weighted by Gasteiger charge is -2.33. The maximum Gasteiger partial charge on any atom is 0.277 e. The number of hydrogen-bond acceptors (Lipinski definition) is 2. The molecule has 3 aliphatic rings. The van der Waals surface area contributed by atoms with E-state index in [2.05, 4.69) is 17.1 Å². The van der Waals surface area contributed by atoms with Crippen LogP contribution in [-0.2, 0) is 4.79 Å². The van der Waals surface area contributed by atoms with E-state index in [0.29, 0.717) is 0 Å². The van der Waals surface area contributed by atoms with E-state index in [-0.39, 0.29) is 5.91 Å². The molecule has 88 valence electrons. The van der Waals surface area contributed by atoms with Crippen molar-refractivity contribution in [1.29, 1.82) is 0 Å². The molecule has 0 bridgehead atoms. The first-order chi connectivity index (χ1) is 8.81. The molecular weight excluding hydrogens is 224 g/mol. The average Bonchev–Trinajstić information content (AvgIpc) is 2.99. The van der Waals surface area contributed by atoms with Crippen molar-refractivity contribution in [2.24, 2.45) is 4.99 Å². The van der Waals surface area contributed by atoms with Crippen molar-refractivity contribution in [1.82, 2.24) is 4.90 Å². The highest BCUT2D eigenvalue weighted by molar-refractivity contribution is 6.17. The number of carbonyl (C=O) groups excluding carboxylic acids is 1. The second-order valence-corrected chi connectivity index (χ2v) is 4.88. The maximum atomic E-state index is 12.3. The molecule has 3 heteroatoms. The SMILES string of the molecule is O=C1N=C2c3ccccc3C=CN2C12C=CCC2. The van der Waals surface area contributed by atoms with Crippen LogP contribution in [0.3, 0.4) is 0 Å². The summed E-state index contributed by atoms with van der Waals surface area (Å²) in [6, 6.07) is 8.06. The van der Waals surface area contributed by atoms with Gasteiger partial charge in [0.05, 0.1) is 0 Å². The minimum Gasteiger partial charge on any atom is -0.313 e. The van der Waals surface area contributed by atoms with Gasteiger partial charge in [-0.05, 0) is 24.5 Å². The smallest absolute Gasteiger partial charge is 0.277 e. The molecule has 1 aromatic carbocycles. The van der Waals surface area contributed by atoms with Crippen molar-refractivity contribution in [2.75, 3.05) is 0 Å². The van der Waals surface area contributed by atoms with Crippen molar-refractivity contribution >= 4 is 17.8 Å². The first-order valence-corrected chi connectivity index (χ1v) is 6.19. The van der Waals surface area contributed by atoms with Gasteiger partial charge in [0.1, 0.15) is 11.4 Å². The number of amides is 1. The number of fused-ring (bicyclic) bond motifs is 4. The van der Waals surface area contributed by atoms with Gasteiger partial charge in [-0.3, -0.25) is 4.79 Å². The first kappa shape index (κ1) is 9.83. The molecule has 1 spiro atoms. The fourth-order valence-corrected chi connectivity index (χ4v) is 2.98. The van der Waals surface area contributed by atoms with E-state index in [1.54, 1.807) is 0 Å². The summed E-state index contributed by atoms with van der Waals surface area (Å²) in [6.45, 7) is 0. The monoisotopic (exact) mass is 236 g/mol. The van der Waals surface area contributed by atoms with Crippen LogP contribution in [0.5, 0.6) is 0 Å². The fourth-order valence-electron chi connectivity index (χ4n) is 2.98. The van der Waals surface area contributed by atoms with Gasteiger partial charge in [-0.1, -0.05) is 36.4 Å². The van der Waals surface area contributed by atoms with Gasteiger partial charge >= 0.3 is 0 Å². The van der Waals surface area contributed by atoms with Crippen LogP contribution < -0.4 is 0 Å². The predicted octanol–water partition coefficient (Wildman–Crippen LogP) is 2.35. The number of carbonyl (C=O) groups is 1. The lowest BCUT2D eigenvalue weighted by Crippen LogP contribution is -2.46. The number of aliphatic imine (C=N–C) groups is 1. The van der Waals surface area contributed by atoms with Crippen LogP contribution in [0.2, 0.25) is 0 Å². The molecule has 18 heavy (non-hydrogen) atoms. The Balaban J connectivity index is 1.92. The highest BCUT2D eigenvalue weighted by Crippen LogP contribution is 2.39. The zero-order chi connectivity index (χ0) is 12.2. The molecule has 0 saturated heterocycles. The van der Waals surface area contributed by atoms with Crippen LogP contribution in [-0.4, -0.2) is 22.2 Å². The Hall–Kier alpha value is -2.16. The standard InChI is InChI=1S/C15H12N2O/c18-14-15(8-3-4-9-15)17-10-7-11-5-1-2-6-12(11)13(17)16-14/h1-3,5-8,10H,4,9H2. The Labute approximate surface area is 105 Å². The van der Waals surface area contributed by atoms with Gasteiger partial charge in [0.2, 0.25) is 0 Å². The molecule has 1 amide bonds. The molecule has 0 N–H and O–H groups in total. The second kappa shape index (κ2) is 3.19. The Kier molecular flexibility index (Phi) is 1.74. The highest BCUT2D eigenvalue weighted by atomic mass is 16.2. The zero-order valence-corrected chi connectivity index (χ0v) is 9.84. The quantitative estimate of drug-likeness (QED) is 0.648. The van der Waals surface area contributed by atoms with Crippen LogP contribution in [0.25, 0.3) is 6.08 Å². The molecule has 2 aliphatic heterocycles. The number of benzene rings is 1. The number of allylic oxidation sites excluding steroid dienone is 1. The third-order valence-electron chi connectivity index (χ3n) is 3.93. The van der Waals surface area contributed by atoms with Gasteiger partial charge in [-0.2, -0.15) is 4.99 Å². The average molecular weight is 236 g/mol. The van der Waals surface area contributed by atoms with Crippen molar-refractivity contribution in [3.05, 3.63) is 53.7 Å². The lowest BCUT2D eigenvalue weighted by molar-refractivity contribution is -0.122. The molecule has 4 rings (SSSR count). The molecular formula is C15H12N2O. The van der Waals surface area contributed by atoms with Crippen molar-refractivity contribution in [3.63, 3.8) is 0 Å². The van der Waals surface area contributed by atoms with Gasteiger partial charge in [0.15, 0.2) is 0 Å². The van der Waals surface area contributed by atoms with Gasteiger partial charge in [-0.15, -0.1) is 0 Å². The third-order valence-corrected chi connectivity index (χ3v) is 3.93. The van der Waals surface area contributed by atoms with E-state index in [1.165, 1.54) is 0 Å². The Morgan fingerprint density at radius 3 is 3.00 bits per heavy atom. The summed E-state index contributed by atoms with van der Waals surface area (Å²) in [5, 5.41) is 0. The molecule has 0 fully saturated rings. The first-order valence-electron chi connectivity index (χ1n) is 6.19. The lowest BCUT2D eigenvalue weighted by atomic mass is 9.94. The van der Waals surface area contributed by atoms with Crippen LogP contribution in [0, 0.1) is 0 Å². The van der Waals surface area contributed by atoms with Gasteiger partial charge in [0.25, 0.3) is 5.91 Å². The Morgan fingerprint density at radius 1 is 1.28 bits per heavy atom. The highest BCUT2D eigenvalue weighted by Gasteiger charge is 2.49. The second-order valence-electron chi connectivity index (χ2n) is 4.88. The molecule has 0 saturated carbocycles. The van der Waals surface area contributed by atoms with Crippen molar-refractivity contribution < 1.29 is 4.79 Å². The Bertz CT molecular complexity index is 642.